The van der Waals surface area contributed by atoms with Crippen LogP contribution in [0.5, 0.6) is 0 Å². The van der Waals surface area contributed by atoms with Crippen molar-refractivity contribution < 1.29 is 4.79 Å². The zero-order valence-electron chi connectivity index (χ0n) is 10.3. The number of nitrogens with one attached hydrogen (secondary N) is 1. The Morgan fingerprint density at radius 3 is 2.38 bits per heavy atom. The van der Waals surface area contributed by atoms with Gasteiger partial charge in [0, 0.05) is 5.56 Å². The van der Waals surface area contributed by atoms with Gasteiger partial charge in [-0.25, -0.2) is 0 Å². The quantitative estimate of drug-likeness (QED) is 0.772. The van der Waals surface area contributed by atoms with E-state index in [1.54, 1.807) is 0 Å². The summed E-state index contributed by atoms with van der Waals surface area (Å²) in [5, 5.41) is 3.32. The lowest BCUT2D eigenvalue weighted by molar-refractivity contribution is 0.0884. The highest BCUT2D eigenvalue weighted by Gasteiger charge is 2.36. The van der Waals surface area contributed by atoms with Crippen LogP contribution >= 0.6 is 0 Å². The van der Waals surface area contributed by atoms with Gasteiger partial charge < -0.3 is 5.32 Å². The molecule has 1 N–H and O–H groups in total. The number of rotatable bonds is 2. The Hall–Kier alpha value is -1.15. The van der Waals surface area contributed by atoms with Crippen LogP contribution in [0.15, 0.2) is 18.2 Å². The fraction of sp³-hybridized carbons (Fsp3) is 0.500. The maximum atomic E-state index is 12.4. The van der Waals surface area contributed by atoms with E-state index < -0.39 is 0 Å². The standard InChI is InChI=1S/C14H19NO/c1-10-7-11(2)9-12(8-10)13(16)14(3)5-4-6-15-14/h7-9,15H,4-6H2,1-3H3. The summed E-state index contributed by atoms with van der Waals surface area (Å²) in [7, 11) is 0. The van der Waals surface area contributed by atoms with Crippen molar-refractivity contribution in [3.63, 3.8) is 0 Å². The molecule has 2 rings (SSSR count). The largest absolute Gasteiger partial charge is 0.305 e. The summed E-state index contributed by atoms with van der Waals surface area (Å²) in [5.74, 6) is 0.233. The van der Waals surface area contributed by atoms with Crippen molar-refractivity contribution in [3.8, 4) is 0 Å². The number of ketones is 1. The van der Waals surface area contributed by atoms with Crippen molar-refractivity contribution in [1.82, 2.24) is 5.32 Å². The Morgan fingerprint density at radius 1 is 1.25 bits per heavy atom. The van der Waals surface area contributed by atoms with E-state index in [4.69, 9.17) is 0 Å². The first-order valence-electron chi connectivity index (χ1n) is 5.89. The molecule has 0 bridgehead atoms. The molecular weight excluding hydrogens is 198 g/mol. The fourth-order valence-electron chi connectivity index (χ4n) is 2.51. The van der Waals surface area contributed by atoms with E-state index in [2.05, 4.69) is 11.4 Å². The first kappa shape index (κ1) is 11.3. The first-order valence-corrected chi connectivity index (χ1v) is 5.89. The third-order valence-corrected chi connectivity index (χ3v) is 3.35. The van der Waals surface area contributed by atoms with Gasteiger partial charge in [-0.05, 0) is 52.3 Å². The molecule has 0 aliphatic carbocycles. The minimum Gasteiger partial charge on any atom is -0.305 e. The molecule has 1 aromatic rings. The van der Waals surface area contributed by atoms with Crippen LogP contribution < -0.4 is 5.32 Å². The molecule has 0 saturated carbocycles. The number of Topliss-reactive ketones (excluding diaryl/α,β-unsaturated/α-hetero) is 1. The second kappa shape index (κ2) is 4.02. The Balaban J connectivity index is 2.33. The molecule has 1 saturated heterocycles. The average molecular weight is 217 g/mol. The summed E-state index contributed by atoms with van der Waals surface area (Å²) in [4.78, 5) is 12.4. The molecule has 2 heteroatoms. The number of hydrogen-bond acceptors (Lipinski definition) is 2. The Labute approximate surface area is 97.1 Å². The van der Waals surface area contributed by atoms with Crippen LogP contribution in [0.1, 0.15) is 41.3 Å². The highest BCUT2D eigenvalue weighted by molar-refractivity contribution is 6.03. The molecule has 1 aliphatic rings. The molecule has 1 heterocycles. The summed E-state index contributed by atoms with van der Waals surface area (Å²) in [6, 6.07) is 6.07. The molecular formula is C14H19NO. The normalized spacial score (nSPS) is 24.7. The van der Waals surface area contributed by atoms with E-state index in [1.165, 1.54) is 0 Å². The molecule has 0 radical (unpaired) electrons. The maximum absolute atomic E-state index is 12.4. The summed E-state index contributed by atoms with van der Waals surface area (Å²) in [5.41, 5.74) is 2.81. The molecule has 0 spiro atoms. The zero-order chi connectivity index (χ0) is 11.8. The van der Waals surface area contributed by atoms with Crippen LogP contribution in [-0.4, -0.2) is 17.9 Å². The van der Waals surface area contributed by atoms with Crippen LogP contribution in [0.3, 0.4) is 0 Å². The van der Waals surface area contributed by atoms with Crippen molar-refractivity contribution in [2.75, 3.05) is 6.54 Å². The smallest absolute Gasteiger partial charge is 0.182 e. The molecule has 0 aromatic heterocycles. The van der Waals surface area contributed by atoms with Gasteiger partial charge in [-0.3, -0.25) is 4.79 Å². The van der Waals surface area contributed by atoms with Gasteiger partial charge in [-0.1, -0.05) is 17.2 Å². The number of benzene rings is 1. The van der Waals surface area contributed by atoms with Gasteiger partial charge in [-0.2, -0.15) is 0 Å². The zero-order valence-corrected chi connectivity index (χ0v) is 10.3. The minimum atomic E-state index is -0.347. The monoisotopic (exact) mass is 217 g/mol. The predicted octanol–water partition coefficient (Wildman–Crippen LogP) is 2.63. The summed E-state index contributed by atoms with van der Waals surface area (Å²) in [6.07, 6.45) is 2.03. The van der Waals surface area contributed by atoms with Gasteiger partial charge in [-0.15, -0.1) is 0 Å². The van der Waals surface area contributed by atoms with Crippen molar-refractivity contribution in [2.45, 2.75) is 39.2 Å². The molecule has 1 atom stereocenters. The first-order chi connectivity index (χ1) is 7.51. The van der Waals surface area contributed by atoms with Gasteiger partial charge in [0.2, 0.25) is 0 Å². The highest BCUT2D eigenvalue weighted by Crippen LogP contribution is 2.24. The molecule has 1 aromatic carbocycles. The van der Waals surface area contributed by atoms with E-state index in [1.807, 2.05) is 32.9 Å². The number of carbonyl (C=O) groups is 1. The van der Waals surface area contributed by atoms with Crippen molar-refractivity contribution in [3.05, 3.63) is 34.9 Å². The Bertz CT molecular complexity index is 396. The average Bonchev–Trinajstić information content (AvgIpc) is 2.64. The highest BCUT2D eigenvalue weighted by atomic mass is 16.1. The SMILES string of the molecule is Cc1cc(C)cc(C(=O)C2(C)CCCN2)c1. The number of aryl methyl sites for hydroxylation is 2. The summed E-state index contributed by atoms with van der Waals surface area (Å²) < 4.78 is 0. The van der Waals surface area contributed by atoms with E-state index >= 15 is 0 Å². The second-order valence-electron chi connectivity index (χ2n) is 5.07. The molecule has 86 valence electrons. The molecule has 2 nitrogen and oxygen atoms in total. The molecule has 0 amide bonds. The molecule has 1 unspecified atom stereocenters. The van der Waals surface area contributed by atoms with Gasteiger partial charge in [0.1, 0.15) is 0 Å². The van der Waals surface area contributed by atoms with E-state index in [0.717, 1.165) is 36.1 Å². The fourth-order valence-corrected chi connectivity index (χ4v) is 2.51. The van der Waals surface area contributed by atoms with Gasteiger partial charge in [0.15, 0.2) is 5.78 Å². The second-order valence-corrected chi connectivity index (χ2v) is 5.07. The van der Waals surface area contributed by atoms with Crippen molar-refractivity contribution >= 4 is 5.78 Å². The van der Waals surface area contributed by atoms with Crippen LogP contribution in [0.4, 0.5) is 0 Å². The third kappa shape index (κ3) is 2.03. The van der Waals surface area contributed by atoms with Crippen LogP contribution in [-0.2, 0) is 0 Å². The van der Waals surface area contributed by atoms with Gasteiger partial charge >= 0.3 is 0 Å². The number of hydrogen-bond donors (Lipinski definition) is 1. The lowest BCUT2D eigenvalue weighted by Crippen LogP contribution is -2.44. The minimum absolute atomic E-state index is 0.233. The van der Waals surface area contributed by atoms with Crippen LogP contribution in [0.2, 0.25) is 0 Å². The van der Waals surface area contributed by atoms with E-state index in [9.17, 15) is 4.79 Å². The summed E-state index contributed by atoms with van der Waals surface area (Å²) in [6.45, 7) is 7.04. The van der Waals surface area contributed by atoms with Gasteiger partial charge in [0.05, 0.1) is 5.54 Å². The van der Waals surface area contributed by atoms with Crippen molar-refractivity contribution in [1.29, 1.82) is 0 Å². The molecule has 16 heavy (non-hydrogen) atoms. The lowest BCUT2D eigenvalue weighted by Gasteiger charge is -2.23. The molecule has 1 aliphatic heterocycles. The Morgan fingerprint density at radius 2 is 1.88 bits per heavy atom. The van der Waals surface area contributed by atoms with Crippen LogP contribution in [0.25, 0.3) is 0 Å². The van der Waals surface area contributed by atoms with E-state index in [-0.39, 0.29) is 11.3 Å². The maximum Gasteiger partial charge on any atom is 0.182 e. The summed E-state index contributed by atoms with van der Waals surface area (Å²) >= 11 is 0. The molecule has 1 fully saturated rings. The van der Waals surface area contributed by atoms with Crippen LogP contribution in [0, 0.1) is 13.8 Å². The van der Waals surface area contributed by atoms with Crippen molar-refractivity contribution in [2.24, 2.45) is 0 Å². The predicted molar refractivity (Wildman–Crippen MR) is 65.9 cm³/mol. The third-order valence-electron chi connectivity index (χ3n) is 3.35. The van der Waals surface area contributed by atoms with E-state index in [0.29, 0.717) is 0 Å². The lowest BCUT2D eigenvalue weighted by atomic mass is 9.88. The Kier molecular flexibility index (Phi) is 2.85. The van der Waals surface area contributed by atoms with Gasteiger partial charge in [0.25, 0.3) is 0 Å². The topological polar surface area (TPSA) is 29.1 Å². The number of carbonyl (C=O) groups excluding carboxylic acids is 1.